The fraction of sp³-hybridized carbons (Fsp3) is 0.143. The maximum Gasteiger partial charge on any atom is 0.287 e. The molecular formula is C28H18F8N4O6. The third-order valence-corrected chi connectivity index (χ3v) is 6.42. The second-order valence-electron chi connectivity index (χ2n) is 9.31. The minimum atomic E-state index is -1.92. The van der Waals surface area contributed by atoms with Gasteiger partial charge in [0, 0.05) is 41.9 Å². The lowest BCUT2D eigenvalue weighted by Gasteiger charge is -2.13. The zero-order valence-corrected chi connectivity index (χ0v) is 23.0. The number of primary amides is 1. The van der Waals surface area contributed by atoms with Gasteiger partial charge in [0.1, 0.15) is 0 Å². The zero-order valence-electron chi connectivity index (χ0n) is 23.0. The molecule has 10 nitrogen and oxygen atoms in total. The van der Waals surface area contributed by atoms with Crippen molar-refractivity contribution in [2.45, 2.75) is 26.6 Å². The van der Waals surface area contributed by atoms with Gasteiger partial charge >= 0.3 is 0 Å². The van der Waals surface area contributed by atoms with Crippen molar-refractivity contribution in [1.82, 2.24) is 16.0 Å². The Morgan fingerprint density at radius 3 is 1.07 bits per heavy atom. The third-order valence-electron chi connectivity index (χ3n) is 6.42. The summed E-state index contributed by atoms with van der Waals surface area (Å²) in [6.07, 6.45) is 0. The summed E-state index contributed by atoms with van der Waals surface area (Å²) in [5.74, 6) is -21.2. The molecule has 0 fully saturated rings. The Labute approximate surface area is 251 Å². The zero-order chi connectivity index (χ0) is 34.0. The van der Waals surface area contributed by atoms with Crippen molar-refractivity contribution >= 4 is 23.6 Å². The Bertz CT molecular complexity index is 1850. The molecule has 242 valence electrons. The van der Waals surface area contributed by atoms with Crippen molar-refractivity contribution in [3.05, 3.63) is 116 Å². The van der Waals surface area contributed by atoms with Crippen molar-refractivity contribution in [3.63, 3.8) is 0 Å². The van der Waals surface area contributed by atoms with Gasteiger partial charge in [0.15, 0.2) is 69.6 Å². The summed E-state index contributed by atoms with van der Waals surface area (Å²) in [6, 6.07) is 3.85. The molecule has 2 heterocycles. The molecule has 4 aromatic rings. The van der Waals surface area contributed by atoms with E-state index in [4.69, 9.17) is 14.6 Å². The molecule has 0 radical (unpaired) electrons. The van der Waals surface area contributed by atoms with Crippen LogP contribution in [0.15, 0.2) is 33.1 Å². The number of nitrogens with two attached hydrogens (primary N) is 1. The lowest BCUT2D eigenvalue weighted by atomic mass is 10.1. The van der Waals surface area contributed by atoms with E-state index in [-0.39, 0.29) is 0 Å². The summed E-state index contributed by atoms with van der Waals surface area (Å²) >= 11 is 0. The summed E-state index contributed by atoms with van der Waals surface area (Å²) in [5.41, 5.74) is 0.452. The first-order valence-electron chi connectivity index (χ1n) is 12.6. The number of halogens is 8. The predicted molar refractivity (Wildman–Crippen MR) is 137 cm³/mol. The predicted octanol–water partition coefficient (Wildman–Crippen LogP) is 4.18. The van der Waals surface area contributed by atoms with Crippen molar-refractivity contribution in [2.24, 2.45) is 5.73 Å². The van der Waals surface area contributed by atoms with E-state index in [2.05, 4.69) is 0 Å². The smallest absolute Gasteiger partial charge is 0.287 e. The number of carbonyl (C=O) groups excluding carboxylic acids is 4. The Hall–Kier alpha value is -5.68. The summed E-state index contributed by atoms with van der Waals surface area (Å²) in [6.45, 7) is -2.42. The van der Waals surface area contributed by atoms with Crippen molar-refractivity contribution in [1.29, 1.82) is 0 Å². The first-order chi connectivity index (χ1) is 21.6. The van der Waals surface area contributed by atoms with E-state index in [0.717, 1.165) is 31.2 Å². The molecule has 0 aliphatic carbocycles. The lowest BCUT2D eigenvalue weighted by molar-refractivity contribution is 0.0888. The Balaban J connectivity index is 1.40. The molecule has 0 bridgehead atoms. The fourth-order valence-corrected chi connectivity index (χ4v) is 3.92. The highest BCUT2D eigenvalue weighted by atomic mass is 19.2. The summed E-state index contributed by atoms with van der Waals surface area (Å²) in [5, 5.41) is 5.81. The van der Waals surface area contributed by atoms with Crippen LogP contribution in [0.2, 0.25) is 0 Å². The normalized spacial score (nSPS) is 11.0. The largest absolute Gasteiger partial charge is 0.446 e. The average Bonchev–Trinajstić information content (AvgIpc) is 3.73. The standard InChI is InChI=1S/C28H18F8N4O6/c1-9-17(29)19(31)10(20(32)18(9)30)6-38-27(43)15-4-5-16(46-15)28(44)40-8-12-23(35)21(33)11(22(34)24(12)36)7-39-26(42)14-3-2-13(45-14)25(37)41/h2-5H,6-8H2,1H3,(H2,37,41)(H,38,43)(H,39,42)(H,40,44). The third kappa shape index (κ3) is 6.40. The summed E-state index contributed by atoms with van der Waals surface area (Å²) < 4.78 is 124. The molecule has 2 aromatic heterocycles. The summed E-state index contributed by atoms with van der Waals surface area (Å²) in [4.78, 5) is 47.9. The number of furan rings is 2. The van der Waals surface area contributed by atoms with Crippen molar-refractivity contribution in [2.75, 3.05) is 0 Å². The minimum Gasteiger partial charge on any atom is -0.446 e. The van der Waals surface area contributed by atoms with Crippen molar-refractivity contribution in [3.8, 4) is 0 Å². The molecule has 46 heavy (non-hydrogen) atoms. The Morgan fingerprint density at radius 1 is 0.522 bits per heavy atom. The second-order valence-corrected chi connectivity index (χ2v) is 9.31. The van der Waals surface area contributed by atoms with Gasteiger partial charge < -0.3 is 30.5 Å². The van der Waals surface area contributed by atoms with Gasteiger partial charge in [-0.15, -0.1) is 0 Å². The van der Waals surface area contributed by atoms with Crippen LogP contribution in [0.25, 0.3) is 0 Å². The Morgan fingerprint density at radius 2 is 0.783 bits per heavy atom. The van der Waals surface area contributed by atoms with Gasteiger partial charge in [-0.3, -0.25) is 19.2 Å². The van der Waals surface area contributed by atoms with E-state index < -0.39 is 135 Å². The first-order valence-corrected chi connectivity index (χ1v) is 12.6. The van der Waals surface area contributed by atoms with Gasteiger partial charge in [0.25, 0.3) is 23.6 Å². The monoisotopic (exact) mass is 658 g/mol. The van der Waals surface area contributed by atoms with Gasteiger partial charge in [-0.1, -0.05) is 0 Å². The topological polar surface area (TPSA) is 157 Å². The van der Waals surface area contributed by atoms with Gasteiger partial charge in [-0.2, -0.15) is 0 Å². The molecule has 0 atom stereocenters. The molecule has 0 saturated carbocycles. The van der Waals surface area contributed by atoms with Crippen LogP contribution < -0.4 is 21.7 Å². The van der Waals surface area contributed by atoms with E-state index >= 15 is 0 Å². The van der Waals surface area contributed by atoms with Crippen LogP contribution in [0.4, 0.5) is 35.1 Å². The minimum absolute atomic E-state index is 0.401. The number of nitrogens with one attached hydrogen (secondary N) is 3. The van der Waals surface area contributed by atoms with Gasteiger partial charge in [0.2, 0.25) is 0 Å². The highest BCUT2D eigenvalue weighted by molar-refractivity contribution is 5.96. The lowest BCUT2D eigenvalue weighted by Crippen LogP contribution is -2.27. The number of amides is 4. The molecule has 0 saturated heterocycles. The second kappa shape index (κ2) is 13.1. The molecule has 4 rings (SSSR count). The number of rotatable bonds is 10. The number of benzene rings is 2. The van der Waals surface area contributed by atoms with Crippen LogP contribution in [-0.4, -0.2) is 23.6 Å². The average molecular weight is 658 g/mol. The van der Waals surface area contributed by atoms with E-state index in [0.29, 0.717) is 0 Å². The summed E-state index contributed by atoms with van der Waals surface area (Å²) in [7, 11) is 0. The first kappa shape index (κ1) is 33.2. The highest BCUT2D eigenvalue weighted by Gasteiger charge is 2.28. The Kier molecular flexibility index (Phi) is 9.48. The molecule has 0 aliphatic heterocycles. The molecular weight excluding hydrogens is 640 g/mol. The van der Waals surface area contributed by atoms with Crippen LogP contribution in [0.5, 0.6) is 0 Å². The number of hydrogen-bond acceptors (Lipinski definition) is 6. The van der Waals surface area contributed by atoms with Crippen LogP contribution in [-0.2, 0) is 19.6 Å². The van der Waals surface area contributed by atoms with Crippen LogP contribution in [0, 0.1) is 53.5 Å². The van der Waals surface area contributed by atoms with Gasteiger partial charge in [0.05, 0.1) is 0 Å². The van der Waals surface area contributed by atoms with Crippen LogP contribution in [0.1, 0.15) is 64.5 Å². The SMILES string of the molecule is Cc1c(F)c(F)c(CNC(=O)c2ccc(C(=O)NCc3c(F)c(F)c(CNC(=O)c4ccc(C(N)=O)o4)c(F)c3F)o2)c(F)c1F. The molecule has 0 spiro atoms. The van der Waals surface area contributed by atoms with E-state index in [9.17, 15) is 54.3 Å². The maximum atomic E-state index is 14.7. The van der Waals surface area contributed by atoms with Gasteiger partial charge in [-0.25, -0.2) is 35.1 Å². The molecule has 18 heteroatoms. The molecule has 4 amide bonds. The van der Waals surface area contributed by atoms with E-state index in [1.165, 1.54) is 0 Å². The van der Waals surface area contributed by atoms with Crippen molar-refractivity contribution < 1.29 is 63.1 Å². The highest BCUT2D eigenvalue weighted by Crippen LogP contribution is 2.26. The molecule has 5 N–H and O–H groups in total. The maximum absolute atomic E-state index is 14.7. The van der Waals surface area contributed by atoms with Crippen LogP contribution >= 0.6 is 0 Å². The van der Waals surface area contributed by atoms with E-state index in [1.807, 2.05) is 16.0 Å². The van der Waals surface area contributed by atoms with Gasteiger partial charge in [-0.05, 0) is 31.2 Å². The molecule has 0 unspecified atom stereocenters. The van der Waals surface area contributed by atoms with E-state index in [1.54, 1.807) is 0 Å². The fourth-order valence-electron chi connectivity index (χ4n) is 3.92. The quantitative estimate of drug-likeness (QED) is 0.148. The van der Waals surface area contributed by atoms with Crippen LogP contribution in [0.3, 0.4) is 0 Å². The molecule has 2 aromatic carbocycles. The number of hydrogen-bond donors (Lipinski definition) is 4. The molecule has 0 aliphatic rings. The number of carbonyl (C=O) groups is 4.